The van der Waals surface area contributed by atoms with E-state index >= 15 is 0 Å². The number of para-hydroxylation sites is 1. The van der Waals surface area contributed by atoms with E-state index in [9.17, 15) is 9.59 Å². The van der Waals surface area contributed by atoms with Crippen molar-refractivity contribution in [2.75, 3.05) is 11.9 Å². The van der Waals surface area contributed by atoms with Crippen LogP contribution < -0.4 is 10.5 Å². The Morgan fingerprint density at radius 3 is 2.50 bits per heavy atom. The molecule has 104 valence electrons. The van der Waals surface area contributed by atoms with Gasteiger partial charge in [0.25, 0.3) is 11.5 Å². The minimum Gasteiger partial charge on any atom is -0.314 e. The number of carbonyl (C=O) groups excluding carboxylic acids is 1. The molecule has 1 aromatic carbocycles. The van der Waals surface area contributed by atoms with Gasteiger partial charge in [0, 0.05) is 18.8 Å². The third-order valence-electron chi connectivity index (χ3n) is 3.16. The molecule has 1 aromatic heterocycles. The highest BCUT2D eigenvalue weighted by atomic mass is 16.2. The van der Waals surface area contributed by atoms with Crippen molar-refractivity contribution in [2.45, 2.75) is 19.9 Å². The molecule has 0 saturated heterocycles. The zero-order chi connectivity index (χ0) is 14.7. The summed E-state index contributed by atoms with van der Waals surface area (Å²) in [5, 5.41) is 4.13. The van der Waals surface area contributed by atoms with E-state index in [1.54, 1.807) is 27.0 Å². The van der Waals surface area contributed by atoms with Gasteiger partial charge in [-0.15, -0.1) is 0 Å². The molecule has 0 spiro atoms. The highest BCUT2D eigenvalue weighted by Gasteiger charge is 2.21. The fraction of sp³-hybridized carbons (Fsp3) is 0.267. The first-order chi connectivity index (χ1) is 9.50. The van der Waals surface area contributed by atoms with Gasteiger partial charge in [-0.2, -0.15) is 5.10 Å². The number of hydrogen-bond donors (Lipinski definition) is 0. The van der Waals surface area contributed by atoms with Crippen LogP contribution in [0.15, 0.2) is 47.3 Å². The van der Waals surface area contributed by atoms with Crippen LogP contribution in [0.5, 0.6) is 0 Å². The van der Waals surface area contributed by atoms with Gasteiger partial charge >= 0.3 is 0 Å². The molecule has 5 heteroatoms. The summed E-state index contributed by atoms with van der Waals surface area (Å²) < 4.78 is 1.22. The second kappa shape index (κ2) is 5.69. The molecule has 2 aromatic rings. The number of likely N-dealkylation sites (N-methyl/N-ethyl adjacent to an activating group) is 1. The summed E-state index contributed by atoms with van der Waals surface area (Å²) in [7, 11) is 1.69. The molecule has 0 aliphatic heterocycles. The van der Waals surface area contributed by atoms with Crippen LogP contribution >= 0.6 is 0 Å². The number of anilines is 1. The van der Waals surface area contributed by atoms with Crippen LogP contribution in [-0.2, 0) is 4.79 Å². The molecular weight excluding hydrogens is 254 g/mol. The van der Waals surface area contributed by atoms with Crippen LogP contribution in [0.25, 0.3) is 0 Å². The third-order valence-corrected chi connectivity index (χ3v) is 3.16. The Morgan fingerprint density at radius 2 is 1.85 bits per heavy atom. The Balaban J connectivity index is 2.29. The molecule has 0 radical (unpaired) electrons. The number of nitrogens with zero attached hydrogens (tertiary/aromatic N) is 3. The lowest BCUT2D eigenvalue weighted by Gasteiger charge is -2.22. The van der Waals surface area contributed by atoms with Gasteiger partial charge in [0.05, 0.1) is 5.69 Å². The van der Waals surface area contributed by atoms with Crippen molar-refractivity contribution in [3.8, 4) is 0 Å². The van der Waals surface area contributed by atoms with Gasteiger partial charge in [0.2, 0.25) is 0 Å². The van der Waals surface area contributed by atoms with Crippen LogP contribution in [0.3, 0.4) is 0 Å². The minimum absolute atomic E-state index is 0.184. The van der Waals surface area contributed by atoms with Crippen LogP contribution in [0.2, 0.25) is 0 Å². The third kappa shape index (κ3) is 2.77. The lowest BCUT2D eigenvalue weighted by Crippen LogP contribution is -2.38. The van der Waals surface area contributed by atoms with Gasteiger partial charge in [0.15, 0.2) is 0 Å². The largest absolute Gasteiger partial charge is 0.314 e. The molecule has 0 aliphatic carbocycles. The number of aromatic nitrogens is 2. The monoisotopic (exact) mass is 271 g/mol. The highest BCUT2D eigenvalue weighted by molar-refractivity contribution is 5.95. The van der Waals surface area contributed by atoms with E-state index < -0.39 is 6.04 Å². The quantitative estimate of drug-likeness (QED) is 0.855. The molecule has 1 heterocycles. The van der Waals surface area contributed by atoms with E-state index in [2.05, 4.69) is 5.10 Å². The number of aryl methyl sites for hydroxylation is 1. The Bertz CT molecular complexity index is 664. The summed E-state index contributed by atoms with van der Waals surface area (Å²) in [6, 6.07) is 11.7. The number of rotatable bonds is 3. The Labute approximate surface area is 117 Å². The van der Waals surface area contributed by atoms with Crippen LogP contribution in [-0.4, -0.2) is 22.7 Å². The van der Waals surface area contributed by atoms with Crippen molar-refractivity contribution in [3.63, 3.8) is 0 Å². The predicted octanol–water partition coefficient (Wildman–Crippen LogP) is 1.78. The molecule has 0 bridgehead atoms. The fourth-order valence-corrected chi connectivity index (χ4v) is 1.96. The van der Waals surface area contributed by atoms with E-state index in [-0.39, 0.29) is 11.5 Å². The van der Waals surface area contributed by atoms with Crippen molar-refractivity contribution in [2.24, 2.45) is 0 Å². The summed E-state index contributed by atoms with van der Waals surface area (Å²) in [6.45, 7) is 3.46. The molecule has 0 aliphatic rings. The lowest BCUT2D eigenvalue weighted by atomic mass is 10.2. The number of benzene rings is 1. The standard InChI is InChI=1S/C15H17N3O2/c1-11-9-10-14(19)18(16-11)12(2)15(20)17(3)13-7-5-4-6-8-13/h4-10,12H,1-3H3. The average molecular weight is 271 g/mol. The zero-order valence-corrected chi connectivity index (χ0v) is 11.8. The zero-order valence-electron chi connectivity index (χ0n) is 11.8. The maximum absolute atomic E-state index is 12.4. The fourth-order valence-electron chi connectivity index (χ4n) is 1.96. The summed E-state index contributed by atoms with van der Waals surface area (Å²) in [6.07, 6.45) is 0. The van der Waals surface area contributed by atoms with Crippen molar-refractivity contribution in [3.05, 3.63) is 58.5 Å². The van der Waals surface area contributed by atoms with Gasteiger partial charge in [0.1, 0.15) is 6.04 Å². The maximum Gasteiger partial charge on any atom is 0.267 e. The average Bonchev–Trinajstić information content (AvgIpc) is 2.48. The van der Waals surface area contributed by atoms with E-state index in [1.165, 1.54) is 15.6 Å². The SMILES string of the molecule is Cc1ccc(=O)n(C(C)C(=O)N(C)c2ccccc2)n1. The normalized spacial score (nSPS) is 11.9. The van der Waals surface area contributed by atoms with Crippen LogP contribution in [0.1, 0.15) is 18.7 Å². The first-order valence-electron chi connectivity index (χ1n) is 6.40. The Hall–Kier alpha value is -2.43. The van der Waals surface area contributed by atoms with Crippen LogP contribution in [0, 0.1) is 6.92 Å². The number of carbonyl (C=O) groups is 1. The molecule has 1 amide bonds. The Kier molecular flexibility index (Phi) is 3.98. The first-order valence-corrected chi connectivity index (χ1v) is 6.40. The molecule has 20 heavy (non-hydrogen) atoms. The van der Waals surface area contributed by atoms with Gasteiger partial charge in [-0.25, -0.2) is 4.68 Å². The van der Waals surface area contributed by atoms with E-state index in [4.69, 9.17) is 0 Å². The van der Waals surface area contributed by atoms with Gasteiger partial charge in [-0.1, -0.05) is 18.2 Å². The predicted molar refractivity (Wildman–Crippen MR) is 77.8 cm³/mol. The smallest absolute Gasteiger partial charge is 0.267 e. The van der Waals surface area contributed by atoms with Crippen molar-refractivity contribution < 1.29 is 4.79 Å². The summed E-state index contributed by atoms with van der Waals surface area (Å²) in [4.78, 5) is 25.8. The van der Waals surface area contributed by atoms with E-state index in [0.29, 0.717) is 5.69 Å². The number of amides is 1. The van der Waals surface area contributed by atoms with Crippen LogP contribution in [0.4, 0.5) is 5.69 Å². The molecule has 0 saturated carbocycles. The van der Waals surface area contributed by atoms with Crippen molar-refractivity contribution in [1.82, 2.24) is 9.78 Å². The van der Waals surface area contributed by atoms with Crippen molar-refractivity contribution in [1.29, 1.82) is 0 Å². The Morgan fingerprint density at radius 1 is 1.20 bits per heavy atom. The second-order valence-corrected chi connectivity index (χ2v) is 4.67. The van der Waals surface area contributed by atoms with E-state index in [1.807, 2.05) is 30.3 Å². The summed E-state index contributed by atoms with van der Waals surface area (Å²) in [5.41, 5.74) is 1.20. The highest BCUT2D eigenvalue weighted by Crippen LogP contribution is 2.15. The molecule has 2 rings (SSSR count). The summed E-state index contributed by atoms with van der Waals surface area (Å²) >= 11 is 0. The molecule has 1 unspecified atom stereocenters. The molecular formula is C15H17N3O2. The van der Waals surface area contributed by atoms with Gasteiger partial charge < -0.3 is 4.90 Å². The lowest BCUT2D eigenvalue weighted by molar-refractivity contribution is -0.121. The van der Waals surface area contributed by atoms with Crippen molar-refractivity contribution >= 4 is 11.6 Å². The van der Waals surface area contributed by atoms with Gasteiger partial charge in [-0.05, 0) is 32.0 Å². The summed E-state index contributed by atoms with van der Waals surface area (Å²) in [5.74, 6) is -0.184. The molecule has 0 fully saturated rings. The molecule has 1 atom stereocenters. The maximum atomic E-state index is 12.4. The number of hydrogen-bond acceptors (Lipinski definition) is 3. The molecule has 0 N–H and O–H groups in total. The topological polar surface area (TPSA) is 55.2 Å². The molecule has 5 nitrogen and oxygen atoms in total. The first kappa shape index (κ1) is 14.0. The minimum atomic E-state index is -0.646. The van der Waals surface area contributed by atoms with E-state index in [0.717, 1.165) is 5.69 Å². The van der Waals surface area contributed by atoms with Gasteiger partial charge in [-0.3, -0.25) is 9.59 Å². The second-order valence-electron chi connectivity index (χ2n) is 4.67.